The van der Waals surface area contributed by atoms with Crippen molar-refractivity contribution >= 4 is 17.1 Å². The van der Waals surface area contributed by atoms with Gasteiger partial charge in [-0.2, -0.15) is 10.2 Å². The summed E-state index contributed by atoms with van der Waals surface area (Å²) in [7, 11) is 0. The number of hydrogen-bond acceptors (Lipinski definition) is 5. The van der Waals surface area contributed by atoms with E-state index in [1.54, 1.807) is 12.1 Å². The lowest BCUT2D eigenvalue weighted by Gasteiger charge is -1.93. The van der Waals surface area contributed by atoms with Crippen LogP contribution in [0.2, 0.25) is 0 Å². The van der Waals surface area contributed by atoms with Crippen molar-refractivity contribution in [3.63, 3.8) is 0 Å². The molecule has 0 unspecified atom stereocenters. The quantitative estimate of drug-likeness (QED) is 0.510. The maximum absolute atomic E-state index is 10.5. The van der Waals surface area contributed by atoms with Crippen molar-refractivity contribution in [2.24, 2.45) is 10.2 Å². The van der Waals surface area contributed by atoms with Gasteiger partial charge in [-0.05, 0) is 26.0 Å². The molecule has 0 fully saturated rings. The SMILES string of the molecule is Cc1n[nH]c(C)c1N=Nc1ccc([N+](=O)[O-])cc1. The third-order valence-electron chi connectivity index (χ3n) is 2.42. The third kappa shape index (κ3) is 2.40. The first-order chi connectivity index (χ1) is 8.58. The monoisotopic (exact) mass is 245 g/mol. The van der Waals surface area contributed by atoms with Crippen molar-refractivity contribution in [1.29, 1.82) is 0 Å². The fourth-order valence-corrected chi connectivity index (χ4v) is 1.44. The molecule has 0 saturated carbocycles. The van der Waals surface area contributed by atoms with Gasteiger partial charge in [-0.1, -0.05) is 0 Å². The van der Waals surface area contributed by atoms with Gasteiger partial charge in [-0.3, -0.25) is 15.2 Å². The van der Waals surface area contributed by atoms with Crippen molar-refractivity contribution in [2.75, 3.05) is 0 Å². The molecule has 2 rings (SSSR count). The Hall–Kier alpha value is -2.57. The topological polar surface area (TPSA) is 96.5 Å². The highest BCUT2D eigenvalue weighted by Gasteiger charge is 2.05. The second kappa shape index (κ2) is 4.74. The highest BCUT2D eigenvalue weighted by Crippen LogP contribution is 2.24. The molecule has 0 amide bonds. The lowest BCUT2D eigenvalue weighted by molar-refractivity contribution is -0.384. The Morgan fingerprint density at radius 1 is 1.22 bits per heavy atom. The number of aryl methyl sites for hydroxylation is 2. The van der Waals surface area contributed by atoms with Crippen LogP contribution in [0.1, 0.15) is 11.4 Å². The lowest BCUT2D eigenvalue weighted by Crippen LogP contribution is -1.85. The van der Waals surface area contributed by atoms with E-state index in [4.69, 9.17) is 0 Å². The Balaban J connectivity index is 2.21. The lowest BCUT2D eigenvalue weighted by atomic mass is 10.3. The first-order valence-electron chi connectivity index (χ1n) is 5.25. The molecule has 1 N–H and O–H groups in total. The van der Waals surface area contributed by atoms with E-state index in [1.807, 2.05) is 13.8 Å². The average Bonchev–Trinajstić information content (AvgIpc) is 2.67. The van der Waals surface area contributed by atoms with Gasteiger partial charge >= 0.3 is 0 Å². The fraction of sp³-hybridized carbons (Fsp3) is 0.182. The first kappa shape index (κ1) is 11.9. The molecule has 0 atom stereocenters. The van der Waals surface area contributed by atoms with E-state index in [-0.39, 0.29) is 5.69 Å². The van der Waals surface area contributed by atoms with Crippen LogP contribution in [0.5, 0.6) is 0 Å². The summed E-state index contributed by atoms with van der Waals surface area (Å²) in [5, 5.41) is 25.4. The molecular weight excluding hydrogens is 234 g/mol. The van der Waals surface area contributed by atoms with Crippen LogP contribution in [0.3, 0.4) is 0 Å². The number of H-pyrrole nitrogens is 1. The van der Waals surface area contributed by atoms with E-state index < -0.39 is 4.92 Å². The van der Waals surface area contributed by atoms with Crippen LogP contribution in [0.4, 0.5) is 17.1 Å². The molecule has 0 bridgehead atoms. The molecule has 1 heterocycles. The summed E-state index contributed by atoms with van der Waals surface area (Å²) < 4.78 is 0. The number of non-ortho nitro benzene ring substituents is 1. The number of nitrogens with zero attached hydrogens (tertiary/aromatic N) is 4. The van der Waals surface area contributed by atoms with Crippen LogP contribution in [0, 0.1) is 24.0 Å². The predicted octanol–water partition coefficient (Wildman–Crippen LogP) is 3.35. The number of rotatable bonds is 3. The largest absolute Gasteiger partial charge is 0.280 e. The van der Waals surface area contributed by atoms with Crippen molar-refractivity contribution in [3.05, 3.63) is 45.8 Å². The van der Waals surface area contributed by atoms with Crippen molar-refractivity contribution in [1.82, 2.24) is 10.2 Å². The number of hydrogen-bond donors (Lipinski definition) is 1. The minimum atomic E-state index is -0.453. The Bertz CT molecular complexity index is 581. The smallest absolute Gasteiger partial charge is 0.269 e. The highest BCUT2D eigenvalue weighted by molar-refractivity contribution is 5.47. The summed E-state index contributed by atoms with van der Waals surface area (Å²) in [6, 6.07) is 5.88. The van der Waals surface area contributed by atoms with E-state index in [1.165, 1.54) is 12.1 Å². The Morgan fingerprint density at radius 2 is 1.89 bits per heavy atom. The second-order valence-corrected chi connectivity index (χ2v) is 3.76. The molecule has 1 aromatic carbocycles. The van der Waals surface area contributed by atoms with Gasteiger partial charge in [0.05, 0.1) is 22.0 Å². The summed E-state index contributed by atoms with van der Waals surface area (Å²) >= 11 is 0. The van der Waals surface area contributed by atoms with Crippen LogP contribution in [-0.2, 0) is 0 Å². The molecule has 18 heavy (non-hydrogen) atoms. The standard InChI is InChI=1S/C11H11N5O2/c1-7-11(8(2)13-12-7)15-14-9-3-5-10(6-4-9)16(17)18/h3-6H,1-2H3,(H,12,13). The maximum atomic E-state index is 10.5. The first-order valence-corrected chi connectivity index (χ1v) is 5.25. The van der Waals surface area contributed by atoms with Gasteiger partial charge in [0.1, 0.15) is 5.69 Å². The third-order valence-corrected chi connectivity index (χ3v) is 2.42. The van der Waals surface area contributed by atoms with E-state index >= 15 is 0 Å². The molecule has 92 valence electrons. The minimum absolute atomic E-state index is 0.0321. The number of aromatic nitrogens is 2. The van der Waals surface area contributed by atoms with E-state index in [9.17, 15) is 10.1 Å². The van der Waals surface area contributed by atoms with Gasteiger partial charge < -0.3 is 0 Å². The fourth-order valence-electron chi connectivity index (χ4n) is 1.44. The summed E-state index contributed by atoms with van der Waals surface area (Å²) in [5.74, 6) is 0. The number of aromatic amines is 1. The second-order valence-electron chi connectivity index (χ2n) is 3.76. The number of nitrogens with one attached hydrogen (secondary N) is 1. The molecule has 0 radical (unpaired) electrons. The minimum Gasteiger partial charge on any atom is -0.280 e. The molecule has 7 heteroatoms. The van der Waals surface area contributed by atoms with Crippen LogP contribution in [-0.4, -0.2) is 15.1 Å². The molecular formula is C11H11N5O2. The Labute approximate surface area is 103 Å². The normalized spacial score (nSPS) is 11.0. The van der Waals surface area contributed by atoms with Crippen LogP contribution in [0.15, 0.2) is 34.5 Å². The van der Waals surface area contributed by atoms with Crippen LogP contribution < -0.4 is 0 Å². The number of benzene rings is 1. The van der Waals surface area contributed by atoms with E-state index in [2.05, 4.69) is 20.4 Å². The van der Waals surface area contributed by atoms with Gasteiger partial charge in [0.15, 0.2) is 0 Å². The molecule has 1 aromatic heterocycles. The zero-order chi connectivity index (χ0) is 13.1. The summed E-state index contributed by atoms with van der Waals surface area (Å²) in [5.41, 5.74) is 2.87. The zero-order valence-corrected chi connectivity index (χ0v) is 9.91. The molecule has 0 aliphatic rings. The highest BCUT2D eigenvalue weighted by atomic mass is 16.6. The summed E-state index contributed by atoms with van der Waals surface area (Å²) in [6.45, 7) is 3.68. The van der Waals surface area contributed by atoms with Gasteiger partial charge in [-0.15, -0.1) is 5.11 Å². The van der Waals surface area contributed by atoms with E-state index in [0.29, 0.717) is 11.4 Å². The van der Waals surface area contributed by atoms with Gasteiger partial charge in [-0.25, -0.2) is 0 Å². The molecule has 0 aliphatic carbocycles. The Morgan fingerprint density at radius 3 is 2.39 bits per heavy atom. The molecule has 0 saturated heterocycles. The molecule has 0 spiro atoms. The van der Waals surface area contributed by atoms with Crippen LogP contribution in [0.25, 0.3) is 0 Å². The molecule has 0 aliphatic heterocycles. The van der Waals surface area contributed by atoms with Crippen molar-refractivity contribution < 1.29 is 4.92 Å². The van der Waals surface area contributed by atoms with Gasteiger partial charge in [0.2, 0.25) is 0 Å². The Kier molecular flexibility index (Phi) is 3.13. The maximum Gasteiger partial charge on any atom is 0.269 e. The van der Waals surface area contributed by atoms with Crippen molar-refractivity contribution in [2.45, 2.75) is 13.8 Å². The predicted molar refractivity (Wildman–Crippen MR) is 65.3 cm³/mol. The molecule has 7 nitrogen and oxygen atoms in total. The van der Waals surface area contributed by atoms with Crippen molar-refractivity contribution in [3.8, 4) is 0 Å². The zero-order valence-electron chi connectivity index (χ0n) is 9.91. The van der Waals surface area contributed by atoms with Gasteiger partial charge in [0, 0.05) is 12.1 Å². The van der Waals surface area contributed by atoms with E-state index in [0.717, 1.165) is 11.4 Å². The molecule has 2 aromatic rings. The summed E-state index contributed by atoms with van der Waals surface area (Å²) in [4.78, 5) is 10.0. The summed E-state index contributed by atoms with van der Waals surface area (Å²) in [6.07, 6.45) is 0. The average molecular weight is 245 g/mol. The van der Waals surface area contributed by atoms with Crippen LogP contribution >= 0.6 is 0 Å². The van der Waals surface area contributed by atoms with Gasteiger partial charge in [0.25, 0.3) is 5.69 Å². The number of nitro groups is 1. The number of azo groups is 1. The number of nitro benzene ring substituents is 1.